The second kappa shape index (κ2) is 8.88. The standard InChI is InChI=1S/C27H26N4O4/c1-14-22(28-16(3)24(14)31-27(34)23-13-35-23)12-20-19-11-18(9-10-21(19)30-26(20)33)25(32)29-15(2)17-7-5-4-6-8-17/h4-12,15,23,28H,13H2,1-3H3,(H,29,32)(H,30,33)(H,31,34)/t15-,23?/m1/s1. The highest BCUT2D eigenvalue weighted by Gasteiger charge is 2.32. The number of epoxide rings is 1. The zero-order chi connectivity index (χ0) is 24.7. The molecule has 5 rings (SSSR count). The van der Waals surface area contributed by atoms with Crippen molar-refractivity contribution in [2.45, 2.75) is 32.9 Å². The summed E-state index contributed by atoms with van der Waals surface area (Å²) in [5.74, 6) is -0.653. The van der Waals surface area contributed by atoms with E-state index < -0.39 is 6.10 Å². The van der Waals surface area contributed by atoms with Crippen LogP contribution in [-0.4, -0.2) is 35.4 Å². The lowest BCUT2D eigenvalue weighted by Crippen LogP contribution is -2.26. The molecular weight excluding hydrogens is 444 g/mol. The lowest BCUT2D eigenvalue weighted by Gasteiger charge is -2.14. The number of anilines is 2. The van der Waals surface area contributed by atoms with Crippen molar-refractivity contribution in [3.05, 3.63) is 82.2 Å². The SMILES string of the molecule is Cc1[nH]c(C=C2C(=O)Nc3ccc(C(=O)N[C@H](C)c4ccccc4)cc32)c(C)c1NC(=O)C1CO1. The Labute approximate surface area is 202 Å². The molecule has 3 amide bonds. The van der Waals surface area contributed by atoms with Crippen molar-refractivity contribution in [1.82, 2.24) is 10.3 Å². The van der Waals surface area contributed by atoms with Gasteiger partial charge in [0.05, 0.1) is 23.9 Å². The average molecular weight is 471 g/mol. The van der Waals surface area contributed by atoms with Gasteiger partial charge in [-0.3, -0.25) is 14.4 Å². The topological polar surface area (TPSA) is 116 Å². The summed E-state index contributed by atoms with van der Waals surface area (Å²) in [5, 5.41) is 8.76. The Balaban J connectivity index is 1.41. The Morgan fingerprint density at radius 3 is 2.60 bits per heavy atom. The van der Waals surface area contributed by atoms with Crippen LogP contribution >= 0.6 is 0 Å². The number of carbonyl (C=O) groups excluding carboxylic acids is 3. The molecule has 0 bridgehead atoms. The maximum Gasteiger partial charge on any atom is 0.256 e. The van der Waals surface area contributed by atoms with E-state index in [0.717, 1.165) is 16.8 Å². The first-order valence-corrected chi connectivity index (χ1v) is 11.5. The van der Waals surface area contributed by atoms with Gasteiger partial charge in [-0.2, -0.15) is 0 Å². The van der Waals surface area contributed by atoms with Crippen molar-refractivity contribution < 1.29 is 19.1 Å². The van der Waals surface area contributed by atoms with Crippen LogP contribution in [0, 0.1) is 13.8 Å². The predicted molar refractivity (Wildman–Crippen MR) is 134 cm³/mol. The maximum atomic E-state index is 12.9. The van der Waals surface area contributed by atoms with Crippen molar-refractivity contribution in [3.8, 4) is 0 Å². The number of H-pyrrole nitrogens is 1. The summed E-state index contributed by atoms with van der Waals surface area (Å²) < 4.78 is 5.05. The van der Waals surface area contributed by atoms with Gasteiger partial charge in [0.25, 0.3) is 17.7 Å². The summed E-state index contributed by atoms with van der Waals surface area (Å²) in [6.07, 6.45) is 1.35. The summed E-state index contributed by atoms with van der Waals surface area (Å²) in [4.78, 5) is 41.1. The van der Waals surface area contributed by atoms with Gasteiger partial charge in [-0.05, 0) is 56.2 Å². The molecule has 2 aliphatic heterocycles. The summed E-state index contributed by atoms with van der Waals surface area (Å²) in [7, 11) is 0. The van der Waals surface area contributed by atoms with Crippen molar-refractivity contribution >= 4 is 40.7 Å². The molecular formula is C27H26N4O4. The van der Waals surface area contributed by atoms with E-state index in [4.69, 9.17) is 4.74 Å². The Kier molecular flexibility index (Phi) is 5.74. The number of aromatic amines is 1. The zero-order valence-corrected chi connectivity index (χ0v) is 19.7. The number of carbonyl (C=O) groups is 3. The molecule has 178 valence electrons. The Hall–Kier alpha value is -4.17. The van der Waals surface area contributed by atoms with E-state index in [2.05, 4.69) is 20.9 Å². The van der Waals surface area contributed by atoms with Crippen LogP contribution in [0.4, 0.5) is 11.4 Å². The second-order valence-electron chi connectivity index (χ2n) is 8.85. The molecule has 1 fully saturated rings. The molecule has 2 aromatic carbocycles. The predicted octanol–water partition coefficient (Wildman–Crippen LogP) is 3.95. The monoisotopic (exact) mass is 470 g/mol. The van der Waals surface area contributed by atoms with Gasteiger partial charge in [0, 0.05) is 28.2 Å². The van der Waals surface area contributed by atoms with Crippen molar-refractivity contribution in [3.63, 3.8) is 0 Å². The molecule has 8 nitrogen and oxygen atoms in total. The quantitative estimate of drug-likeness (QED) is 0.322. The van der Waals surface area contributed by atoms with Crippen molar-refractivity contribution in [2.75, 3.05) is 17.2 Å². The molecule has 4 N–H and O–H groups in total. The van der Waals surface area contributed by atoms with E-state index in [1.54, 1.807) is 24.3 Å². The van der Waals surface area contributed by atoms with Crippen LogP contribution in [0.3, 0.4) is 0 Å². The van der Waals surface area contributed by atoms with Gasteiger partial charge < -0.3 is 25.7 Å². The van der Waals surface area contributed by atoms with E-state index in [0.29, 0.717) is 40.4 Å². The molecule has 2 atom stereocenters. The molecule has 0 aliphatic carbocycles. The molecule has 35 heavy (non-hydrogen) atoms. The molecule has 2 aliphatic rings. The van der Waals surface area contributed by atoms with Crippen molar-refractivity contribution in [1.29, 1.82) is 0 Å². The number of nitrogens with one attached hydrogen (secondary N) is 4. The summed E-state index contributed by atoms with van der Waals surface area (Å²) >= 11 is 0. The first kappa shape index (κ1) is 22.6. The Morgan fingerprint density at radius 2 is 1.89 bits per heavy atom. The van der Waals surface area contributed by atoms with E-state index in [9.17, 15) is 14.4 Å². The van der Waals surface area contributed by atoms with Crippen LogP contribution in [0.1, 0.15) is 51.4 Å². The second-order valence-corrected chi connectivity index (χ2v) is 8.85. The summed E-state index contributed by atoms with van der Waals surface area (Å²) in [5.41, 5.74) is 6.20. The first-order valence-electron chi connectivity index (χ1n) is 11.5. The van der Waals surface area contributed by atoms with Crippen LogP contribution in [0.25, 0.3) is 11.6 Å². The highest BCUT2D eigenvalue weighted by Crippen LogP contribution is 2.35. The number of aromatic nitrogens is 1. The fourth-order valence-corrected chi connectivity index (χ4v) is 4.23. The lowest BCUT2D eigenvalue weighted by molar-refractivity contribution is -0.117. The molecule has 0 saturated carbocycles. The van der Waals surface area contributed by atoms with Crippen molar-refractivity contribution in [2.24, 2.45) is 0 Å². The number of benzene rings is 2. The fourth-order valence-electron chi connectivity index (χ4n) is 4.23. The fraction of sp³-hybridized carbons (Fsp3) is 0.222. The number of hydrogen-bond donors (Lipinski definition) is 4. The Bertz CT molecular complexity index is 1370. The van der Waals surface area contributed by atoms with E-state index in [-0.39, 0.29) is 23.8 Å². The third kappa shape index (κ3) is 4.48. The average Bonchev–Trinajstić information content (AvgIpc) is 3.61. The van der Waals surface area contributed by atoms with Crippen LogP contribution in [-0.2, 0) is 14.3 Å². The summed E-state index contributed by atoms with van der Waals surface area (Å²) in [6, 6.07) is 14.7. The molecule has 1 saturated heterocycles. The number of rotatable bonds is 6. The molecule has 3 heterocycles. The number of hydrogen-bond acceptors (Lipinski definition) is 4. The maximum absolute atomic E-state index is 12.9. The first-order chi connectivity index (χ1) is 16.8. The lowest BCUT2D eigenvalue weighted by atomic mass is 10.0. The number of amides is 3. The van der Waals surface area contributed by atoms with E-state index in [1.165, 1.54) is 0 Å². The summed E-state index contributed by atoms with van der Waals surface area (Å²) in [6.45, 7) is 6.10. The minimum absolute atomic E-state index is 0.161. The number of ether oxygens (including phenoxy) is 1. The van der Waals surface area contributed by atoms with Crippen LogP contribution in [0.5, 0.6) is 0 Å². The van der Waals surface area contributed by atoms with Gasteiger partial charge >= 0.3 is 0 Å². The molecule has 8 heteroatoms. The molecule has 0 radical (unpaired) electrons. The molecule has 3 aromatic rings. The normalized spacial score (nSPS) is 18.1. The van der Waals surface area contributed by atoms with Gasteiger partial charge in [-0.25, -0.2) is 0 Å². The van der Waals surface area contributed by atoms with Crippen LogP contribution in [0.2, 0.25) is 0 Å². The highest BCUT2D eigenvalue weighted by molar-refractivity contribution is 6.35. The minimum Gasteiger partial charge on any atom is -0.363 e. The molecule has 0 spiro atoms. The van der Waals surface area contributed by atoms with Gasteiger partial charge in [0.15, 0.2) is 6.10 Å². The van der Waals surface area contributed by atoms with Gasteiger partial charge in [0.1, 0.15) is 0 Å². The molecule has 1 aromatic heterocycles. The third-order valence-electron chi connectivity index (χ3n) is 6.35. The smallest absolute Gasteiger partial charge is 0.256 e. The van der Waals surface area contributed by atoms with Gasteiger partial charge in [0.2, 0.25) is 0 Å². The minimum atomic E-state index is -0.396. The Morgan fingerprint density at radius 1 is 1.14 bits per heavy atom. The largest absolute Gasteiger partial charge is 0.363 e. The van der Waals surface area contributed by atoms with E-state index >= 15 is 0 Å². The van der Waals surface area contributed by atoms with Gasteiger partial charge in [-0.1, -0.05) is 30.3 Å². The highest BCUT2D eigenvalue weighted by atomic mass is 16.6. The van der Waals surface area contributed by atoms with Crippen LogP contribution < -0.4 is 16.0 Å². The van der Waals surface area contributed by atoms with Crippen LogP contribution in [0.15, 0.2) is 48.5 Å². The molecule has 1 unspecified atom stereocenters. The number of aryl methyl sites for hydroxylation is 1. The van der Waals surface area contributed by atoms with E-state index in [1.807, 2.05) is 51.1 Å². The zero-order valence-electron chi connectivity index (χ0n) is 19.7. The van der Waals surface area contributed by atoms with Gasteiger partial charge in [-0.15, -0.1) is 0 Å². The number of fused-ring (bicyclic) bond motifs is 1. The third-order valence-corrected chi connectivity index (χ3v) is 6.35.